The van der Waals surface area contributed by atoms with Crippen molar-refractivity contribution >= 4 is 38.3 Å². The number of allylic oxidation sites excluding steroid dienone is 1. The maximum atomic E-state index is 14.0. The van der Waals surface area contributed by atoms with Crippen LogP contribution in [0.4, 0.5) is 9.52 Å². The molecule has 0 saturated carbocycles. The molecule has 0 unspecified atom stereocenters. The van der Waals surface area contributed by atoms with Crippen molar-refractivity contribution in [2.45, 2.75) is 17.4 Å². The number of rotatable bonds is 10. The average Bonchev–Trinajstić information content (AvgIpc) is 3.31. The summed E-state index contributed by atoms with van der Waals surface area (Å²) in [5, 5.41) is 19.0. The molecule has 3 aromatic rings. The molecule has 0 saturated heterocycles. The van der Waals surface area contributed by atoms with Crippen molar-refractivity contribution in [2.75, 3.05) is 18.7 Å². The fraction of sp³-hybridized carbons (Fsp3) is 0.167. The number of hydrogen-bond donors (Lipinski definition) is 1. The molecule has 0 fully saturated rings. The Morgan fingerprint density at radius 3 is 2.64 bits per heavy atom. The zero-order valence-corrected chi connectivity index (χ0v) is 21.0. The van der Waals surface area contributed by atoms with E-state index in [0.717, 1.165) is 6.26 Å². The number of amides is 1. The van der Waals surface area contributed by atoms with Crippen molar-refractivity contribution in [2.24, 2.45) is 0 Å². The van der Waals surface area contributed by atoms with E-state index < -0.39 is 21.6 Å². The monoisotopic (exact) mass is 528 g/mol. The van der Waals surface area contributed by atoms with Crippen LogP contribution in [0.15, 0.2) is 59.0 Å². The van der Waals surface area contributed by atoms with Gasteiger partial charge in [-0.15, -0.1) is 16.8 Å². The number of carbonyl (C=O) groups excluding carboxylic acids is 1. The van der Waals surface area contributed by atoms with Crippen LogP contribution >= 0.6 is 11.3 Å². The highest BCUT2D eigenvalue weighted by Crippen LogP contribution is 2.35. The lowest BCUT2D eigenvalue weighted by atomic mass is 10.0. The minimum atomic E-state index is -3.58. The van der Waals surface area contributed by atoms with Gasteiger partial charge in [0.15, 0.2) is 11.5 Å². The first kappa shape index (κ1) is 26.5. The minimum absolute atomic E-state index is 0.0362. The van der Waals surface area contributed by atoms with Crippen LogP contribution in [-0.2, 0) is 27.7 Å². The number of methoxy groups -OCH3 is 1. The van der Waals surface area contributed by atoms with Crippen molar-refractivity contribution in [3.05, 3.63) is 77.1 Å². The number of nitriles is 1. The van der Waals surface area contributed by atoms with Gasteiger partial charge in [0.2, 0.25) is 19.3 Å². The number of halogens is 1. The number of benzene rings is 2. The van der Waals surface area contributed by atoms with Gasteiger partial charge in [0.25, 0.3) is 5.91 Å². The van der Waals surface area contributed by atoms with Crippen molar-refractivity contribution in [1.82, 2.24) is 10.2 Å². The summed E-state index contributed by atoms with van der Waals surface area (Å²) in [5.41, 5.74) is 1.21. The lowest BCUT2D eigenvalue weighted by Gasteiger charge is -2.16. The van der Waals surface area contributed by atoms with Crippen molar-refractivity contribution in [3.8, 4) is 17.6 Å². The predicted octanol–water partition coefficient (Wildman–Crippen LogP) is 3.94. The maximum absolute atomic E-state index is 14.0. The van der Waals surface area contributed by atoms with Crippen LogP contribution in [0.5, 0.6) is 11.5 Å². The van der Waals surface area contributed by atoms with E-state index in [2.05, 4.69) is 22.1 Å². The third-order valence-corrected chi connectivity index (χ3v) is 7.20. The second-order valence-electron chi connectivity index (χ2n) is 7.35. The molecule has 1 amide bonds. The standard InChI is InChI=1S/C24H21FN4O5S2/c1-4-7-16-10-15(12-20(33-2)21(16)34-14-17-8-5-6-9-19(17)25)11-18(13-26)22(30)27-23-28-29-24(35-23)36(3,31)32/h4-6,8-12H,1,7,14H2,2-3H3,(H,27,28,30). The Balaban J connectivity index is 1.90. The highest BCUT2D eigenvalue weighted by molar-refractivity contribution is 7.92. The van der Waals surface area contributed by atoms with Crippen molar-refractivity contribution in [1.29, 1.82) is 5.26 Å². The Bertz CT molecular complexity index is 1480. The topological polar surface area (TPSA) is 131 Å². The Morgan fingerprint density at radius 2 is 2.03 bits per heavy atom. The normalized spacial score (nSPS) is 11.4. The second kappa shape index (κ2) is 11.6. The summed E-state index contributed by atoms with van der Waals surface area (Å²) >= 11 is 0.671. The number of nitrogens with zero attached hydrogens (tertiary/aromatic N) is 3. The Labute approximate surface area is 211 Å². The average molecular weight is 529 g/mol. The quantitative estimate of drug-likeness (QED) is 0.181. The minimum Gasteiger partial charge on any atom is -0.493 e. The molecule has 2 aromatic carbocycles. The molecule has 0 atom stereocenters. The largest absolute Gasteiger partial charge is 0.493 e. The number of sulfone groups is 1. The van der Waals surface area contributed by atoms with Crippen LogP contribution in [0.3, 0.4) is 0 Å². The molecule has 0 aliphatic heterocycles. The molecule has 0 aliphatic carbocycles. The summed E-state index contributed by atoms with van der Waals surface area (Å²) in [5.74, 6) is -0.498. The molecule has 12 heteroatoms. The van der Waals surface area contributed by atoms with Gasteiger partial charge in [-0.3, -0.25) is 10.1 Å². The molecule has 9 nitrogen and oxygen atoms in total. The SMILES string of the molecule is C=CCc1cc(C=C(C#N)C(=O)Nc2nnc(S(C)(=O)=O)s2)cc(OC)c1OCc1ccccc1F. The molecule has 1 N–H and O–H groups in total. The third-order valence-electron chi connectivity index (χ3n) is 4.69. The first-order valence-electron chi connectivity index (χ1n) is 10.3. The maximum Gasteiger partial charge on any atom is 0.268 e. The second-order valence-corrected chi connectivity index (χ2v) is 10.5. The van der Waals surface area contributed by atoms with E-state index in [1.807, 2.05) is 6.07 Å². The summed E-state index contributed by atoms with van der Waals surface area (Å²) < 4.78 is 48.2. The number of hydrogen-bond acceptors (Lipinski definition) is 9. The van der Waals surface area contributed by atoms with Crippen LogP contribution in [0.1, 0.15) is 16.7 Å². The summed E-state index contributed by atoms with van der Waals surface area (Å²) in [4.78, 5) is 12.6. The van der Waals surface area contributed by atoms with Gasteiger partial charge in [0.05, 0.1) is 7.11 Å². The molecule has 36 heavy (non-hydrogen) atoms. The van der Waals surface area contributed by atoms with Gasteiger partial charge in [-0.1, -0.05) is 35.6 Å². The zero-order chi connectivity index (χ0) is 26.3. The lowest BCUT2D eigenvalue weighted by molar-refractivity contribution is -0.112. The fourth-order valence-electron chi connectivity index (χ4n) is 3.04. The van der Waals surface area contributed by atoms with E-state index in [-0.39, 0.29) is 21.7 Å². The zero-order valence-electron chi connectivity index (χ0n) is 19.3. The Kier molecular flexibility index (Phi) is 8.52. The van der Waals surface area contributed by atoms with Gasteiger partial charge >= 0.3 is 0 Å². The molecule has 3 rings (SSSR count). The van der Waals surface area contributed by atoms with Gasteiger partial charge < -0.3 is 9.47 Å². The molecule has 1 heterocycles. The van der Waals surface area contributed by atoms with E-state index in [4.69, 9.17) is 9.47 Å². The smallest absolute Gasteiger partial charge is 0.268 e. The number of carbonyl (C=O) groups is 1. The van der Waals surface area contributed by atoms with Gasteiger partial charge in [-0.05, 0) is 36.3 Å². The molecule has 186 valence electrons. The fourth-order valence-corrected chi connectivity index (χ4v) is 4.55. The summed E-state index contributed by atoms with van der Waals surface area (Å²) in [7, 11) is -2.15. The lowest BCUT2D eigenvalue weighted by Crippen LogP contribution is -2.13. The van der Waals surface area contributed by atoms with E-state index in [9.17, 15) is 22.9 Å². The summed E-state index contributed by atoms with van der Waals surface area (Å²) in [6.07, 6.45) is 4.32. The van der Waals surface area contributed by atoms with Crippen LogP contribution in [-0.4, -0.2) is 37.9 Å². The summed E-state index contributed by atoms with van der Waals surface area (Å²) in [6.45, 7) is 3.71. The highest BCUT2D eigenvalue weighted by atomic mass is 32.2. The van der Waals surface area contributed by atoms with Gasteiger partial charge in [-0.25, -0.2) is 12.8 Å². The van der Waals surface area contributed by atoms with Crippen molar-refractivity contribution in [3.63, 3.8) is 0 Å². The van der Waals surface area contributed by atoms with Gasteiger partial charge in [0, 0.05) is 17.4 Å². The van der Waals surface area contributed by atoms with Crippen molar-refractivity contribution < 1.29 is 27.1 Å². The van der Waals surface area contributed by atoms with Crippen LogP contribution < -0.4 is 14.8 Å². The molecule has 1 aromatic heterocycles. The molecule has 0 bridgehead atoms. The van der Waals surface area contributed by atoms with Crippen LogP contribution in [0, 0.1) is 17.1 Å². The molecule has 0 radical (unpaired) electrons. The Morgan fingerprint density at radius 1 is 1.28 bits per heavy atom. The molecular formula is C24H21FN4O5S2. The summed E-state index contributed by atoms with van der Waals surface area (Å²) in [6, 6.07) is 11.3. The number of anilines is 1. The first-order valence-corrected chi connectivity index (χ1v) is 13.0. The molecular weight excluding hydrogens is 507 g/mol. The van der Waals surface area contributed by atoms with E-state index in [1.165, 1.54) is 19.3 Å². The number of ether oxygens (including phenoxy) is 2. The molecule has 0 spiro atoms. The van der Waals surface area contributed by atoms with E-state index in [1.54, 1.807) is 36.4 Å². The Hall–Kier alpha value is -4.08. The number of nitrogens with one attached hydrogen (secondary N) is 1. The van der Waals surface area contributed by atoms with Crippen LogP contribution in [0.25, 0.3) is 6.08 Å². The van der Waals surface area contributed by atoms with Gasteiger partial charge in [-0.2, -0.15) is 5.26 Å². The molecule has 0 aliphatic rings. The van der Waals surface area contributed by atoms with Gasteiger partial charge in [0.1, 0.15) is 24.1 Å². The first-order chi connectivity index (χ1) is 17.2. The van der Waals surface area contributed by atoms with Crippen LogP contribution in [0.2, 0.25) is 0 Å². The third kappa shape index (κ3) is 6.53. The predicted molar refractivity (Wildman–Crippen MR) is 133 cm³/mol. The van der Waals surface area contributed by atoms with E-state index >= 15 is 0 Å². The number of aromatic nitrogens is 2. The van der Waals surface area contributed by atoms with E-state index in [0.29, 0.717) is 45.9 Å². The highest BCUT2D eigenvalue weighted by Gasteiger charge is 2.19.